The van der Waals surface area contributed by atoms with Crippen LogP contribution in [0.1, 0.15) is 72.1 Å². The van der Waals surface area contributed by atoms with E-state index in [1.165, 1.54) is 64.5 Å². The highest BCUT2D eigenvalue weighted by Gasteiger charge is 2.24. The summed E-state index contributed by atoms with van der Waals surface area (Å²) in [5.41, 5.74) is 0. The molecule has 1 aliphatic heterocycles. The van der Waals surface area contributed by atoms with Crippen molar-refractivity contribution in [2.75, 3.05) is 13.1 Å². The Morgan fingerprint density at radius 2 is 1.58 bits per heavy atom. The average Bonchev–Trinajstić information content (AvgIpc) is 2.65. The van der Waals surface area contributed by atoms with Crippen molar-refractivity contribution >= 4 is 0 Å². The molecule has 1 aliphatic carbocycles. The number of hydrogen-bond donors (Lipinski definition) is 1. The Balaban J connectivity index is 1.75. The molecule has 1 unspecified atom stereocenters. The van der Waals surface area contributed by atoms with Gasteiger partial charge >= 0.3 is 0 Å². The van der Waals surface area contributed by atoms with E-state index in [0.717, 1.165) is 24.0 Å². The molecule has 0 radical (unpaired) electrons. The first-order valence-corrected chi connectivity index (χ1v) is 8.67. The molecule has 0 spiro atoms. The lowest BCUT2D eigenvalue weighted by Crippen LogP contribution is -2.42. The predicted molar refractivity (Wildman–Crippen MR) is 83.5 cm³/mol. The van der Waals surface area contributed by atoms with Gasteiger partial charge in [0.15, 0.2) is 0 Å². The standard InChI is InChI=1S/C17H34N2/c1-14(2)19-12-7-10-17(11-13-19)18-15(3)16-8-5-4-6-9-16/h14-18H,4-13H2,1-3H3/t15-,17?/m1/s1. The fourth-order valence-electron chi connectivity index (χ4n) is 3.94. The van der Waals surface area contributed by atoms with Crippen LogP contribution in [0.3, 0.4) is 0 Å². The molecule has 0 aromatic heterocycles. The van der Waals surface area contributed by atoms with Gasteiger partial charge in [-0.2, -0.15) is 0 Å². The van der Waals surface area contributed by atoms with Crippen molar-refractivity contribution in [3.05, 3.63) is 0 Å². The van der Waals surface area contributed by atoms with Gasteiger partial charge in [0.25, 0.3) is 0 Å². The van der Waals surface area contributed by atoms with Gasteiger partial charge in [0.1, 0.15) is 0 Å². The van der Waals surface area contributed by atoms with Crippen LogP contribution < -0.4 is 5.32 Å². The van der Waals surface area contributed by atoms with Gasteiger partial charge in [-0.25, -0.2) is 0 Å². The fraction of sp³-hybridized carbons (Fsp3) is 1.00. The molecule has 1 saturated heterocycles. The molecule has 2 rings (SSSR count). The molecule has 0 amide bonds. The molecule has 1 saturated carbocycles. The van der Waals surface area contributed by atoms with E-state index in [4.69, 9.17) is 0 Å². The van der Waals surface area contributed by atoms with Crippen LogP contribution in [-0.2, 0) is 0 Å². The first kappa shape index (κ1) is 15.3. The molecule has 19 heavy (non-hydrogen) atoms. The zero-order valence-electron chi connectivity index (χ0n) is 13.3. The molecule has 1 heterocycles. The van der Waals surface area contributed by atoms with Gasteiger partial charge in [0.05, 0.1) is 0 Å². The second kappa shape index (κ2) is 7.64. The third kappa shape index (κ3) is 4.75. The minimum atomic E-state index is 0.717. The highest BCUT2D eigenvalue weighted by Crippen LogP contribution is 2.27. The van der Waals surface area contributed by atoms with Crippen LogP contribution in [0.4, 0.5) is 0 Å². The van der Waals surface area contributed by atoms with Gasteiger partial charge in [0.2, 0.25) is 0 Å². The summed E-state index contributed by atoms with van der Waals surface area (Å²) in [6, 6.07) is 2.21. The third-order valence-electron chi connectivity index (χ3n) is 5.35. The van der Waals surface area contributed by atoms with Crippen molar-refractivity contribution in [3.8, 4) is 0 Å². The summed E-state index contributed by atoms with van der Waals surface area (Å²) >= 11 is 0. The number of likely N-dealkylation sites (tertiary alicyclic amines) is 1. The van der Waals surface area contributed by atoms with Crippen molar-refractivity contribution in [2.24, 2.45) is 5.92 Å². The molecule has 2 aliphatic rings. The topological polar surface area (TPSA) is 15.3 Å². The summed E-state index contributed by atoms with van der Waals surface area (Å²) in [7, 11) is 0. The Labute approximate surface area is 120 Å². The summed E-state index contributed by atoms with van der Waals surface area (Å²) in [6.45, 7) is 9.68. The first-order chi connectivity index (χ1) is 9.16. The smallest absolute Gasteiger partial charge is 0.00823 e. The third-order valence-corrected chi connectivity index (χ3v) is 5.35. The van der Waals surface area contributed by atoms with Crippen LogP contribution in [0.2, 0.25) is 0 Å². The predicted octanol–water partition coefficient (Wildman–Crippen LogP) is 3.81. The van der Waals surface area contributed by atoms with Crippen molar-refractivity contribution < 1.29 is 0 Å². The van der Waals surface area contributed by atoms with Crippen molar-refractivity contribution in [2.45, 2.75) is 90.3 Å². The van der Waals surface area contributed by atoms with Gasteiger partial charge in [0, 0.05) is 18.1 Å². The van der Waals surface area contributed by atoms with Crippen LogP contribution in [0, 0.1) is 5.92 Å². The lowest BCUT2D eigenvalue weighted by molar-refractivity contribution is 0.224. The lowest BCUT2D eigenvalue weighted by Gasteiger charge is -2.31. The minimum absolute atomic E-state index is 0.717. The van der Waals surface area contributed by atoms with Crippen molar-refractivity contribution in [1.29, 1.82) is 0 Å². The number of nitrogens with one attached hydrogen (secondary N) is 1. The van der Waals surface area contributed by atoms with Gasteiger partial charge in [-0.15, -0.1) is 0 Å². The molecule has 0 aromatic carbocycles. The lowest BCUT2D eigenvalue weighted by atomic mass is 9.84. The largest absolute Gasteiger partial charge is 0.311 e. The summed E-state index contributed by atoms with van der Waals surface area (Å²) < 4.78 is 0. The van der Waals surface area contributed by atoms with E-state index >= 15 is 0 Å². The minimum Gasteiger partial charge on any atom is -0.311 e. The van der Waals surface area contributed by atoms with E-state index < -0.39 is 0 Å². The summed E-state index contributed by atoms with van der Waals surface area (Å²) in [4.78, 5) is 2.65. The monoisotopic (exact) mass is 266 g/mol. The van der Waals surface area contributed by atoms with E-state index in [1.807, 2.05) is 0 Å². The molecule has 0 bridgehead atoms. The van der Waals surface area contributed by atoms with E-state index in [9.17, 15) is 0 Å². The first-order valence-electron chi connectivity index (χ1n) is 8.67. The van der Waals surface area contributed by atoms with E-state index in [-0.39, 0.29) is 0 Å². The van der Waals surface area contributed by atoms with E-state index in [0.29, 0.717) is 0 Å². The molecule has 0 aromatic rings. The Morgan fingerprint density at radius 1 is 0.842 bits per heavy atom. The van der Waals surface area contributed by atoms with Crippen LogP contribution in [0.5, 0.6) is 0 Å². The van der Waals surface area contributed by atoms with Crippen LogP contribution >= 0.6 is 0 Å². The maximum Gasteiger partial charge on any atom is 0.00823 e. The Kier molecular flexibility index (Phi) is 6.15. The Bertz CT molecular complexity index is 246. The maximum absolute atomic E-state index is 3.96. The average molecular weight is 266 g/mol. The van der Waals surface area contributed by atoms with Crippen LogP contribution in [-0.4, -0.2) is 36.1 Å². The quantitative estimate of drug-likeness (QED) is 0.832. The second-order valence-corrected chi connectivity index (χ2v) is 7.11. The van der Waals surface area contributed by atoms with Gasteiger partial charge in [-0.05, 0) is 71.9 Å². The number of rotatable bonds is 4. The summed E-state index contributed by atoms with van der Waals surface area (Å²) in [6.07, 6.45) is 11.4. The van der Waals surface area contributed by atoms with Crippen molar-refractivity contribution in [1.82, 2.24) is 10.2 Å². The van der Waals surface area contributed by atoms with Crippen LogP contribution in [0.15, 0.2) is 0 Å². The SMILES string of the molecule is CC(C)N1CCCC(N[C@H](C)C2CCCCC2)CC1. The maximum atomic E-state index is 3.96. The summed E-state index contributed by atoms with van der Waals surface area (Å²) in [5, 5.41) is 3.96. The second-order valence-electron chi connectivity index (χ2n) is 7.11. The molecule has 2 fully saturated rings. The summed E-state index contributed by atoms with van der Waals surface area (Å²) in [5.74, 6) is 0.943. The molecule has 2 nitrogen and oxygen atoms in total. The molecule has 1 N–H and O–H groups in total. The van der Waals surface area contributed by atoms with E-state index in [1.54, 1.807) is 0 Å². The van der Waals surface area contributed by atoms with Crippen LogP contribution in [0.25, 0.3) is 0 Å². The van der Waals surface area contributed by atoms with Gasteiger partial charge in [-0.1, -0.05) is 19.3 Å². The Morgan fingerprint density at radius 3 is 2.26 bits per heavy atom. The zero-order valence-corrected chi connectivity index (χ0v) is 13.3. The normalized spacial score (nSPS) is 29.4. The highest BCUT2D eigenvalue weighted by atomic mass is 15.1. The molecule has 2 heteroatoms. The van der Waals surface area contributed by atoms with Gasteiger partial charge < -0.3 is 10.2 Å². The highest BCUT2D eigenvalue weighted by molar-refractivity contribution is 4.82. The number of hydrogen-bond acceptors (Lipinski definition) is 2. The number of nitrogens with zero attached hydrogens (tertiary/aromatic N) is 1. The fourth-order valence-corrected chi connectivity index (χ4v) is 3.94. The Hall–Kier alpha value is -0.0800. The van der Waals surface area contributed by atoms with Crippen molar-refractivity contribution in [3.63, 3.8) is 0 Å². The molecule has 2 atom stereocenters. The molecular formula is C17H34N2. The van der Waals surface area contributed by atoms with Gasteiger partial charge in [-0.3, -0.25) is 0 Å². The zero-order chi connectivity index (χ0) is 13.7. The molecular weight excluding hydrogens is 232 g/mol. The van der Waals surface area contributed by atoms with E-state index in [2.05, 4.69) is 31.0 Å². The molecule has 112 valence electrons.